The van der Waals surface area contributed by atoms with Crippen molar-refractivity contribution < 1.29 is 27.5 Å². The van der Waals surface area contributed by atoms with Gasteiger partial charge in [0.15, 0.2) is 17.5 Å². The SMILES string of the molecule is CO[C@H](C)CCNC(=O)C(=O)Nc1cc(F)c(F)c(F)c1. The van der Waals surface area contributed by atoms with E-state index in [1.54, 1.807) is 6.92 Å². The van der Waals surface area contributed by atoms with Gasteiger partial charge in [0, 0.05) is 31.5 Å². The number of hydrogen-bond acceptors (Lipinski definition) is 3. The summed E-state index contributed by atoms with van der Waals surface area (Å²) in [5, 5.41) is 4.29. The smallest absolute Gasteiger partial charge is 0.313 e. The highest BCUT2D eigenvalue weighted by molar-refractivity contribution is 6.39. The normalized spacial score (nSPS) is 11.9. The minimum Gasteiger partial charge on any atom is -0.382 e. The second-order valence-corrected chi connectivity index (χ2v) is 4.30. The van der Waals surface area contributed by atoms with Crippen LogP contribution in [-0.2, 0) is 14.3 Å². The lowest BCUT2D eigenvalue weighted by atomic mass is 10.2. The molecule has 0 bridgehead atoms. The fourth-order valence-corrected chi connectivity index (χ4v) is 1.40. The Morgan fingerprint density at radius 1 is 1.19 bits per heavy atom. The number of halogens is 3. The highest BCUT2D eigenvalue weighted by Gasteiger charge is 2.16. The lowest BCUT2D eigenvalue weighted by molar-refractivity contribution is -0.136. The third-order valence-electron chi connectivity index (χ3n) is 2.69. The van der Waals surface area contributed by atoms with Gasteiger partial charge in [-0.05, 0) is 13.3 Å². The van der Waals surface area contributed by atoms with Gasteiger partial charge >= 0.3 is 11.8 Å². The molecule has 1 aromatic rings. The van der Waals surface area contributed by atoms with Crippen LogP contribution < -0.4 is 10.6 Å². The van der Waals surface area contributed by atoms with Gasteiger partial charge in [0.2, 0.25) is 0 Å². The van der Waals surface area contributed by atoms with E-state index in [2.05, 4.69) is 5.32 Å². The molecule has 0 aromatic heterocycles. The van der Waals surface area contributed by atoms with Gasteiger partial charge < -0.3 is 15.4 Å². The molecule has 116 valence electrons. The van der Waals surface area contributed by atoms with Crippen molar-refractivity contribution in [2.75, 3.05) is 19.0 Å². The molecular weight excluding hydrogens is 289 g/mol. The Morgan fingerprint density at radius 2 is 1.76 bits per heavy atom. The third-order valence-corrected chi connectivity index (χ3v) is 2.69. The molecule has 0 heterocycles. The van der Waals surface area contributed by atoms with Crippen LogP contribution in [0.3, 0.4) is 0 Å². The lowest BCUT2D eigenvalue weighted by Gasteiger charge is -2.10. The minimum absolute atomic E-state index is 0.0892. The quantitative estimate of drug-likeness (QED) is 0.641. The molecule has 1 atom stereocenters. The van der Waals surface area contributed by atoms with E-state index in [1.807, 2.05) is 5.32 Å². The van der Waals surface area contributed by atoms with E-state index in [1.165, 1.54) is 7.11 Å². The number of methoxy groups -OCH3 is 1. The lowest BCUT2D eigenvalue weighted by Crippen LogP contribution is -2.36. The summed E-state index contributed by atoms with van der Waals surface area (Å²) in [4.78, 5) is 22.9. The molecular formula is C13H15F3N2O3. The zero-order valence-electron chi connectivity index (χ0n) is 11.5. The summed E-state index contributed by atoms with van der Waals surface area (Å²) >= 11 is 0. The maximum Gasteiger partial charge on any atom is 0.313 e. The summed E-state index contributed by atoms with van der Waals surface area (Å²) in [5.74, 6) is -6.64. The summed E-state index contributed by atoms with van der Waals surface area (Å²) in [6.45, 7) is 1.99. The maximum absolute atomic E-state index is 12.9. The first kappa shape index (κ1) is 17.0. The minimum atomic E-state index is -1.65. The first-order chi connectivity index (χ1) is 9.85. The van der Waals surface area contributed by atoms with Crippen molar-refractivity contribution in [3.05, 3.63) is 29.6 Å². The topological polar surface area (TPSA) is 67.4 Å². The molecule has 1 rings (SSSR count). The van der Waals surface area contributed by atoms with Crippen molar-refractivity contribution in [3.63, 3.8) is 0 Å². The van der Waals surface area contributed by atoms with E-state index < -0.39 is 29.3 Å². The van der Waals surface area contributed by atoms with Crippen molar-refractivity contribution in [1.82, 2.24) is 5.32 Å². The Morgan fingerprint density at radius 3 is 2.29 bits per heavy atom. The molecule has 0 aliphatic carbocycles. The zero-order valence-corrected chi connectivity index (χ0v) is 11.5. The van der Waals surface area contributed by atoms with Crippen LogP contribution in [0, 0.1) is 17.5 Å². The standard InChI is InChI=1S/C13H15F3N2O3/c1-7(21-2)3-4-17-12(19)13(20)18-8-5-9(14)11(16)10(15)6-8/h5-7H,3-4H2,1-2H3,(H,17,19)(H,18,20)/t7-/m1/s1. The number of hydrogen-bond donors (Lipinski definition) is 2. The van der Waals surface area contributed by atoms with Crippen LogP contribution in [0.15, 0.2) is 12.1 Å². The highest BCUT2D eigenvalue weighted by Crippen LogP contribution is 2.17. The zero-order chi connectivity index (χ0) is 16.0. The van der Waals surface area contributed by atoms with Gasteiger partial charge in [-0.1, -0.05) is 0 Å². The predicted molar refractivity (Wildman–Crippen MR) is 69.0 cm³/mol. The first-order valence-corrected chi connectivity index (χ1v) is 6.11. The Bertz CT molecular complexity index is 514. The molecule has 0 fully saturated rings. The van der Waals surface area contributed by atoms with Crippen LogP contribution in [0.5, 0.6) is 0 Å². The second-order valence-electron chi connectivity index (χ2n) is 4.30. The van der Waals surface area contributed by atoms with Gasteiger partial charge in [-0.15, -0.1) is 0 Å². The Balaban J connectivity index is 2.55. The molecule has 8 heteroatoms. The van der Waals surface area contributed by atoms with E-state index in [0.717, 1.165) is 0 Å². The number of ether oxygens (including phenoxy) is 1. The van der Waals surface area contributed by atoms with Crippen molar-refractivity contribution in [2.24, 2.45) is 0 Å². The number of amides is 2. The van der Waals surface area contributed by atoms with Gasteiger partial charge in [-0.25, -0.2) is 13.2 Å². The highest BCUT2D eigenvalue weighted by atomic mass is 19.2. The average Bonchev–Trinajstić information content (AvgIpc) is 2.44. The molecule has 0 aliphatic heterocycles. The summed E-state index contributed by atoms with van der Waals surface area (Å²) < 4.78 is 43.6. The van der Waals surface area contributed by atoms with Gasteiger partial charge in [0.05, 0.1) is 6.10 Å². The van der Waals surface area contributed by atoms with E-state index in [-0.39, 0.29) is 18.3 Å². The van der Waals surface area contributed by atoms with Gasteiger partial charge in [0.25, 0.3) is 0 Å². The number of anilines is 1. The molecule has 21 heavy (non-hydrogen) atoms. The van der Waals surface area contributed by atoms with E-state index in [0.29, 0.717) is 18.6 Å². The summed E-state index contributed by atoms with van der Waals surface area (Å²) in [7, 11) is 1.51. The van der Waals surface area contributed by atoms with Crippen LogP contribution in [0.25, 0.3) is 0 Å². The van der Waals surface area contributed by atoms with Crippen LogP contribution >= 0.6 is 0 Å². The molecule has 0 unspecified atom stereocenters. The van der Waals surface area contributed by atoms with Gasteiger partial charge in [-0.2, -0.15) is 0 Å². The fraction of sp³-hybridized carbons (Fsp3) is 0.385. The van der Waals surface area contributed by atoms with Crippen LogP contribution in [-0.4, -0.2) is 31.6 Å². The molecule has 1 aromatic carbocycles. The Hall–Kier alpha value is -2.09. The van der Waals surface area contributed by atoms with Crippen LogP contribution in [0.1, 0.15) is 13.3 Å². The molecule has 2 N–H and O–H groups in total. The molecule has 5 nitrogen and oxygen atoms in total. The van der Waals surface area contributed by atoms with E-state index in [9.17, 15) is 22.8 Å². The molecule has 0 saturated carbocycles. The van der Waals surface area contributed by atoms with Crippen molar-refractivity contribution in [2.45, 2.75) is 19.4 Å². The van der Waals surface area contributed by atoms with Crippen molar-refractivity contribution in [1.29, 1.82) is 0 Å². The average molecular weight is 304 g/mol. The summed E-state index contributed by atoms with van der Waals surface area (Å²) in [5.41, 5.74) is -0.350. The van der Waals surface area contributed by atoms with Crippen LogP contribution in [0.4, 0.5) is 18.9 Å². The predicted octanol–water partition coefficient (Wildman–Crippen LogP) is 1.58. The molecule has 0 spiro atoms. The largest absolute Gasteiger partial charge is 0.382 e. The number of benzene rings is 1. The number of carbonyl (C=O) groups is 2. The monoisotopic (exact) mass is 304 g/mol. The Kier molecular flexibility index (Phi) is 6.16. The number of rotatable bonds is 5. The van der Waals surface area contributed by atoms with Crippen LogP contribution in [0.2, 0.25) is 0 Å². The molecule has 0 radical (unpaired) electrons. The third kappa shape index (κ3) is 5.07. The maximum atomic E-state index is 12.9. The van der Waals surface area contributed by atoms with Gasteiger partial charge in [-0.3, -0.25) is 9.59 Å². The first-order valence-electron chi connectivity index (χ1n) is 6.11. The molecule has 2 amide bonds. The number of carbonyl (C=O) groups excluding carboxylic acids is 2. The summed E-state index contributed by atoms with van der Waals surface area (Å²) in [6, 6.07) is 1.16. The van der Waals surface area contributed by atoms with Crippen molar-refractivity contribution in [3.8, 4) is 0 Å². The second kappa shape index (κ2) is 7.63. The summed E-state index contributed by atoms with van der Waals surface area (Å²) in [6.07, 6.45) is 0.406. The van der Waals surface area contributed by atoms with E-state index >= 15 is 0 Å². The van der Waals surface area contributed by atoms with Crippen molar-refractivity contribution >= 4 is 17.5 Å². The molecule has 0 aliphatic rings. The van der Waals surface area contributed by atoms with E-state index in [4.69, 9.17) is 4.74 Å². The number of nitrogens with one attached hydrogen (secondary N) is 2. The molecule has 0 saturated heterocycles. The van der Waals surface area contributed by atoms with Gasteiger partial charge in [0.1, 0.15) is 0 Å². The fourth-order valence-electron chi connectivity index (χ4n) is 1.40. The Labute approximate surface area is 119 Å².